The number of hydrogen-bond donors (Lipinski definition) is 1. The number of rotatable bonds is 6. The Balaban J connectivity index is 1.91. The van der Waals surface area contributed by atoms with Crippen LogP contribution in [-0.2, 0) is 14.8 Å². The number of anilines is 1. The standard InChI is InChI=1S/C21H26N2O5S/c1-4-28-19-8-7-18(22-21(24)17-6-5-15(2)16(3)13-17)14-20(19)29(25,26)23-9-11-27-12-10-23/h5-8,13-14H,4,9-12H2,1-3H3,(H,22,24). The van der Waals surface area contributed by atoms with Gasteiger partial charge in [-0.3, -0.25) is 4.79 Å². The van der Waals surface area contributed by atoms with Crippen molar-refractivity contribution >= 4 is 21.6 Å². The molecule has 0 saturated carbocycles. The zero-order valence-corrected chi connectivity index (χ0v) is 17.7. The van der Waals surface area contributed by atoms with E-state index in [-0.39, 0.29) is 29.6 Å². The molecule has 1 heterocycles. The number of carbonyl (C=O) groups excluding carboxylic acids is 1. The van der Waals surface area contributed by atoms with Crippen molar-refractivity contribution in [3.05, 3.63) is 53.1 Å². The minimum atomic E-state index is -3.77. The van der Waals surface area contributed by atoms with Crippen LogP contribution in [0, 0.1) is 13.8 Å². The van der Waals surface area contributed by atoms with Crippen molar-refractivity contribution in [1.29, 1.82) is 0 Å². The third kappa shape index (κ3) is 4.77. The second-order valence-electron chi connectivity index (χ2n) is 6.86. The first-order valence-corrected chi connectivity index (χ1v) is 11.0. The van der Waals surface area contributed by atoms with Gasteiger partial charge in [0.25, 0.3) is 5.91 Å². The summed E-state index contributed by atoms with van der Waals surface area (Å²) in [5, 5.41) is 2.79. The average molecular weight is 419 g/mol. The molecule has 29 heavy (non-hydrogen) atoms. The predicted octanol–water partition coefficient (Wildman–Crippen LogP) is 2.98. The molecule has 1 fully saturated rings. The van der Waals surface area contributed by atoms with Gasteiger partial charge in [-0.1, -0.05) is 6.07 Å². The number of carbonyl (C=O) groups is 1. The molecule has 1 amide bonds. The van der Waals surface area contributed by atoms with E-state index in [9.17, 15) is 13.2 Å². The van der Waals surface area contributed by atoms with Gasteiger partial charge in [0.15, 0.2) is 0 Å². The molecule has 0 aliphatic carbocycles. The number of morpholine rings is 1. The van der Waals surface area contributed by atoms with Gasteiger partial charge in [-0.25, -0.2) is 8.42 Å². The molecule has 1 aliphatic heterocycles. The number of nitrogens with one attached hydrogen (secondary N) is 1. The van der Waals surface area contributed by atoms with Crippen LogP contribution >= 0.6 is 0 Å². The molecule has 1 N–H and O–H groups in total. The highest BCUT2D eigenvalue weighted by molar-refractivity contribution is 7.89. The highest BCUT2D eigenvalue weighted by Crippen LogP contribution is 2.30. The van der Waals surface area contributed by atoms with E-state index in [1.165, 1.54) is 10.4 Å². The summed E-state index contributed by atoms with van der Waals surface area (Å²) in [5.41, 5.74) is 3.02. The summed E-state index contributed by atoms with van der Waals surface area (Å²) in [6.45, 7) is 7.32. The van der Waals surface area contributed by atoms with Gasteiger partial charge in [-0.2, -0.15) is 4.31 Å². The summed E-state index contributed by atoms with van der Waals surface area (Å²) in [6, 6.07) is 10.1. The van der Waals surface area contributed by atoms with Gasteiger partial charge in [0.05, 0.1) is 19.8 Å². The molecule has 0 bridgehead atoms. The fourth-order valence-electron chi connectivity index (χ4n) is 3.07. The van der Waals surface area contributed by atoms with Gasteiger partial charge in [0.1, 0.15) is 10.6 Å². The minimum Gasteiger partial charge on any atom is -0.492 e. The SMILES string of the molecule is CCOc1ccc(NC(=O)c2ccc(C)c(C)c2)cc1S(=O)(=O)N1CCOCC1. The third-order valence-electron chi connectivity index (χ3n) is 4.86. The Labute approximate surface area is 171 Å². The van der Waals surface area contributed by atoms with Crippen molar-refractivity contribution in [2.45, 2.75) is 25.7 Å². The number of sulfonamides is 1. The van der Waals surface area contributed by atoms with Crippen LogP contribution in [0.3, 0.4) is 0 Å². The van der Waals surface area contributed by atoms with E-state index in [1.807, 2.05) is 26.0 Å². The Kier molecular flexibility index (Phi) is 6.56. The Morgan fingerprint density at radius 2 is 1.83 bits per heavy atom. The van der Waals surface area contributed by atoms with Crippen molar-refractivity contribution in [3.63, 3.8) is 0 Å². The Morgan fingerprint density at radius 3 is 2.48 bits per heavy atom. The molecular weight excluding hydrogens is 392 g/mol. The molecule has 1 aliphatic rings. The van der Waals surface area contributed by atoms with E-state index in [0.29, 0.717) is 31.1 Å². The molecule has 3 rings (SSSR count). The van der Waals surface area contributed by atoms with E-state index >= 15 is 0 Å². The molecule has 7 nitrogen and oxygen atoms in total. The van der Waals surface area contributed by atoms with Crippen LogP contribution in [0.4, 0.5) is 5.69 Å². The Morgan fingerprint density at radius 1 is 1.10 bits per heavy atom. The van der Waals surface area contributed by atoms with E-state index in [0.717, 1.165) is 11.1 Å². The number of ether oxygens (including phenoxy) is 2. The highest BCUT2D eigenvalue weighted by Gasteiger charge is 2.29. The van der Waals surface area contributed by atoms with Gasteiger partial charge >= 0.3 is 0 Å². The zero-order valence-electron chi connectivity index (χ0n) is 16.9. The molecule has 0 aromatic heterocycles. The van der Waals surface area contributed by atoms with E-state index in [4.69, 9.17) is 9.47 Å². The van der Waals surface area contributed by atoms with Gasteiger partial charge < -0.3 is 14.8 Å². The first-order valence-electron chi connectivity index (χ1n) is 9.56. The molecule has 2 aromatic carbocycles. The van der Waals surface area contributed by atoms with Crippen molar-refractivity contribution in [2.75, 3.05) is 38.2 Å². The molecule has 0 atom stereocenters. The van der Waals surface area contributed by atoms with E-state index in [2.05, 4.69) is 5.32 Å². The molecule has 2 aromatic rings. The first kappa shape index (κ1) is 21.3. The Bertz CT molecular complexity index is 998. The predicted molar refractivity (Wildman–Crippen MR) is 111 cm³/mol. The lowest BCUT2D eigenvalue weighted by atomic mass is 10.1. The number of amides is 1. The van der Waals surface area contributed by atoms with Crippen LogP contribution in [-0.4, -0.2) is 51.5 Å². The lowest BCUT2D eigenvalue weighted by molar-refractivity contribution is 0.0729. The number of hydrogen-bond acceptors (Lipinski definition) is 5. The minimum absolute atomic E-state index is 0.0409. The van der Waals surface area contributed by atoms with Gasteiger partial charge in [0, 0.05) is 24.3 Å². The second kappa shape index (κ2) is 8.94. The molecule has 156 valence electrons. The fourth-order valence-corrected chi connectivity index (χ4v) is 4.64. The van der Waals surface area contributed by atoms with Crippen molar-refractivity contribution in [1.82, 2.24) is 4.31 Å². The summed E-state index contributed by atoms with van der Waals surface area (Å²) in [5.74, 6) is -0.0323. The summed E-state index contributed by atoms with van der Waals surface area (Å²) in [4.78, 5) is 12.7. The lowest BCUT2D eigenvalue weighted by Gasteiger charge is -2.27. The molecule has 0 spiro atoms. The summed E-state index contributed by atoms with van der Waals surface area (Å²) in [6.07, 6.45) is 0. The van der Waals surface area contributed by atoms with Crippen LogP contribution < -0.4 is 10.1 Å². The van der Waals surface area contributed by atoms with Crippen LogP contribution in [0.25, 0.3) is 0 Å². The maximum atomic E-state index is 13.2. The number of benzene rings is 2. The zero-order chi connectivity index (χ0) is 21.0. The van der Waals surface area contributed by atoms with Gasteiger partial charge in [-0.15, -0.1) is 0 Å². The van der Waals surface area contributed by atoms with Crippen molar-refractivity contribution in [2.24, 2.45) is 0 Å². The maximum Gasteiger partial charge on any atom is 0.255 e. The van der Waals surface area contributed by atoms with Gasteiger partial charge in [0.2, 0.25) is 10.0 Å². The summed E-state index contributed by atoms with van der Waals surface area (Å²) >= 11 is 0. The van der Waals surface area contributed by atoms with E-state index < -0.39 is 10.0 Å². The summed E-state index contributed by atoms with van der Waals surface area (Å²) in [7, 11) is -3.77. The first-order chi connectivity index (χ1) is 13.8. The quantitative estimate of drug-likeness (QED) is 0.780. The van der Waals surface area contributed by atoms with Crippen molar-refractivity contribution < 1.29 is 22.7 Å². The number of nitrogens with zero attached hydrogens (tertiary/aromatic N) is 1. The van der Waals surface area contributed by atoms with Crippen LogP contribution in [0.1, 0.15) is 28.4 Å². The third-order valence-corrected chi connectivity index (χ3v) is 6.78. The lowest BCUT2D eigenvalue weighted by Crippen LogP contribution is -2.40. The smallest absolute Gasteiger partial charge is 0.255 e. The maximum absolute atomic E-state index is 13.2. The molecule has 0 unspecified atom stereocenters. The molecule has 1 saturated heterocycles. The van der Waals surface area contributed by atoms with Crippen molar-refractivity contribution in [3.8, 4) is 5.75 Å². The topological polar surface area (TPSA) is 84.9 Å². The fraction of sp³-hybridized carbons (Fsp3) is 0.381. The molecule has 0 radical (unpaired) electrons. The second-order valence-corrected chi connectivity index (χ2v) is 8.77. The monoisotopic (exact) mass is 418 g/mol. The van der Waals surface area contributed by atoms with Crippen LogP contribution in [0.5, 0.6) is 5.75 Å². The molecule has 8 heteroatoms. The highest BCUT2D eigenvalue weighted by atomic mass is 32.2. The van der Waals surface area contributed by atoms with E-state index in [1.54, 1.807) is 25.1 Å². The van der Waals surface area contributed by atoms with Crippen LogP contribution in [0.2, 0.25) is 0 Å². The normalized spacial score (nSPS) is 15.1. The number of aryl methyl sites for hydroxylation is 2. The average Bonchev–Trinajstić information content (AvgIpc) is 2.72. The van der Waals surface area contributed by atoms with Gasteiger partial charge in [-0.05, 0) is 62.2 Å². The van der Waals surface area contributed by atoms with Crippen LogP contribution in [0.15, 0.2) is 41.3 Å². The Hall–Kier alpha value is -2.42. The largest absolute Gasteiger partial charge is 0.492 e. The molecular formula is C21H26N2O5S. The summed E-state index contributed by atoms with van der Waals surface area (Å²) < 4.78 is 38.5.